The van der Waals surface area contributed by atoms with Crippen LogP contribution in [0, 0.1) is 0 Å². The van der Waals surface area contributed by atoms with E-state index in [2.05, 4.69) is 0 Å². The van der Waals surface area contributed by atoms with Gasteiger partial charge >= 0.3 is 16.5 Å². The second kappa shape index (κ2) is 9.03. The average Bonchev–Trinajstić information content (AvgIpc) is 0.811. The van der Waals surface area contributed by atoms with Crippen LogP contribution >= 0.6 is 0 Å². The molecule has 0 aliphatic carbocycles. The predicted octanol–water partition coefficient (Wildman–Crippen LogP) is -3.17. The minimum atomic E-state index is -3.17. The maximum absolute atomic E-state index is 9.89. The van der Waals surface area contributed by atoms with E-state index in [1.807, 2.05) is 0 Å². The molecule has 40 valence electrons. The predicted molar refractivity (Wildman–Crippen MR) is 10.5 cm³/mol. The van der Waals surface area contributed by atoms with Crippen LogP contribution in [-0.2, 0) is 16.5 Å². The molecule has 0 atom stereocenters. The Hall–Kier alpha value is 0.368. The van der Waals surface area contributed by atoms with Crippen molar-refractivity contribution in [3.05, 3.63) is 0 Å². The first-order valence-electron chi connectivity index (χ1n) is 0.690. The van der Waals surface area contributed by atoms with Gasteiger partial charge in [0.25, 0.3) is 0 Å². The second-order valence-corrected chi connectivity index (χ2v) is 0.274. The van der Waals surface area contributed by atoms with Gasteiger partial charge in [-0.25, -0.2) is 0 Å². The quantitative estimate of drug-likeness (QED) is 0.331. The molecule has 0 aromatic rings. The zero-order chi connectivity index (χ0) is 3.58. The van der Waals surface area contributed by atoms with E-state index < -0.39 is 7.40 Å². The van der Waals surface area contributed by atoms with Crippen LogP contribution in [-0.4, -0.2) is 12.9 Å². The number of hydrogen-bond acceptors (Lipinski definition) is 2. The van der Waals surface area contributed by atoms with Gasteiger partial charge in [-0.15, -0.1) is 0 Å². The topological polar surface area (TPSA) is 77.6 Å². The van der Waals surface area contributed by atoms with Crippen molar-refractivity contribution in [1.29, 1.82) is 0 Å². The van der Waals surface area contributed by atoms with Crippen molar-refractivity contribution < 1.29 is 36.3 Å². The molecule has 0 radical (unpaired) electrons. The van der Waals surface area contributed by atoms with E-state index in [-0.39, 0.29) is 22.0 Å². The van der Waals surface area contributed by atoms with Gasteiger partial charge in [0.1, 0.15) is 7.40 Å². The molecule has 6 heteroatoms. The third-order valence-electron chi connectivity index (χ3n) is 0. The van der Waals surface area contributed by atoms with Crippen LogP contribution < -0.4 is 10.0 Å². The van der Waals surface area contributed by atoms with Crippen LogP contribution in [0.1, 0.15) is 0 Å². The molecule has 0 aliphatic heterocycles. The average molecular weight is 139 g/mol. The first kappa shape index (κ1) is 16.2. The van der Waals surface area contributed by atoms with Gasteiger partial charge < -0.3 is 19.8 Å². The fourth-order valence-corrected chi connectivity index (χ4v) is 0. The van der Waals surface area contributed by atoms with E-state index in [1.165, 1.54) is 0 Å². The molecule has 2 N–H and O–H groups in total. The molecule has 0 heterocycles. The Kier molecular flexibility index (Phi) is 24.3. The molecule has 0 saturated heterocycles. The van der Waals surface area contributed by atoms with E-state index in [0.29, 0.717) is 0 Å². The molecule has 0 saturated carbocycles. The largest absolute Gasteiger partial charge is 2.00 e. The number of hydrogen-bond donors (Lipinski definition) is 0. The van der Waals surface area contributed by atoms with Crippen molar-refractivity contribution in [3.63, 3.8) is 0 Å². The summed E-state index contributed by atoms with van der Waals surface area (Å²) in [5.74, 6) is 0. The van der Waals surface area contributed by atoms with Gasteiger partial charge in [-0.05, 0) is 0 Å². The Morgan fingerprint density at radius 2 is 1.33 bits per heavy atom. The Morgan fingerprint density at radius 3 is 1.33 bits per heavy atom. The molecule has 0 aromatic carbocycles. The summed E-state index contributed by atoms with van der Waals surface area (Å²) >= 11 is 0. The second-order valence-electron chi connectivity index (χ2n) is 0.274. The molecule has 0 bridgehead atoms. The zero-order valence-electron chi connectivity index (χ0n) is 2.59. The van der Waals surface area contributed by atoms with Crippen molar-refractivity contribution in [2.75, 3.05) is 0 Å². The van der Waals surface area contributed by atoms with Gasteiger partial charge in [0.2, 0.25) is 0 Å². The third-order valence-corrected chi connectivity index (χ3v) is 0. The molecule has 0 spiro atoms. The summed E-state index contributed by atoms with van der Waals surface area (Å²) in [5, 5.41) is 16.6. The fourth-order valence-electron chi connectivity index (χ4n) is 0. The molecule has 3 nitrogen and oxygen atoms in total. The first-order valence-corrected chi connectivity index (χ1v) is 0.690. The van der Waals surface area contributed by atoms with Crippen LogP contribution in [0.4, 0.5) is 4.32 Å². The molecule has 0 rings (SSSR count). The van der Waals surface area contributed by atoms with Crippen molar-refractivity contribution in [2.24, 2.45) is 0 Å². The summed E-state index contributed by atoms with van der Waals surface area (Å²) in [6.07, 6.45) is 0. The van der Waals surface area contributed by atoms with E-state index in [9.17, 15) is 4.32 Å². The summed E-state index contributed by atoms with van der Waals surface area (Å²) in [7, 11) is -3.17. The Morgan fingerprint density at radius 1 is 1.33 bits per heavy atom. The van der Waals surface area contributed by atoms with Crippen LogP contribution in [0.5, 0.6) is 0 Å². The van der Waals surface area contributed by atoms with E-state index in [0.717, 1.165) is 0 Å². The Labute approximate surface area is 44.6 Å². The van der Waals surface area contributed by atoms with E-state index in [1.54, 1.807) is 0 Å². The molecule has 0 fully saturated rings. The van der Waals surface area contributed by atoms with Crippen molar-refractivity contribution in [3.8, 4) is 0 Å². The first-order chi connectivity index (χ1) is 1.73. The zero-order valence-corrected chi connectivity index (χ0v) is 3.58. The summed E-state index contributed by atoms with van der Waals surface area (Å²) in [5.41, 5.74) is 0. The normalized spacial score (nSPS) is 4.50. The van der Waals surface area contributed by atoms with Crippen LogP contribution in [0.2, 0.25) is 0 Å². The smallest absolute Gasteiger partial charge is 0.867 e. The minimum Gasteiger partial charge on any atom is -0.867 e. The molecule has 0 unspecified atom stereocenters. The van der Waals surface area contributed by atoms with Gasteiger partial charge in [0.05, 0.1) is 0 Å². The van der Waals surface area contributed by atoms with Crippen molar-refractivity contribution in [2.45, 2.75) is 0 Å². The molecule has 6 heavy (non-hydrogen) atoms. The van der Waals surface area contributed by atoms with Gasteiger partial charge in [-0.2, -0.15) is 0 Å². The van der Waals surface area contributed by atoms with Crippen molar-refractivity contribution >= 4 is 7.40 Å². The summed E-state index contributed by atoms with van der Waals surface area (Å²) in [6.45, 7) is 0. The molecular weight excluding hydrogens is 136 g/mol. The summed E-state index contributed by atoms with van der Waals surface area (Å²) in [6, 6.07) is 0. The van der Waals surface area contributed by atoms with E-state index in [4.69, 9.17) is 10.0 Å². The van der Waals surface area contributed by atoms with Gasteiger partial charge in [0, 0.05) is 0 Å². The maximum Gasteiger partial charge on any atom is 2.00 e. The summed E-state index contributed by atoms with van der Waals surface area (Å²) in [4.78, 5) is 0. The van der Waals surface area contributed by atoms with Crippen LogP contribution in [0.25, 0.3) is 0 Å². The third kappa shape index (κ3) is 365. The maximum atomic E-state index is 9.89. The monoisotopic (exact) mass is 138 g/mol. The minimum absolute atomic E-state index is 0. The Balaban J connectivity index is -0.0000000450. The van der Waals surface area contributed by atoms with E-state index >= 15 is 0 Å². The van der Waals surface area contributed by atoms with Gasteiger partial charge in [0.15, 0.2) is 0 Å². The number of halogens is 1. The number of rotatable bonds is 0. The Bertz CT molecular complexity index is 15.5. The van der Waals surface area contributed by atoms with Crippen molar-refractivity contribution in [1.82, 2.24) is 0 Å². The fraction of sp³-hybridized carbons (Fsp3) is 0. The molecule has 0 amide bonds. The van der Waals surface area contributed by atoms with Crippen LogP contribution in [0.15, 0.2) is 0 Å². The van der Waals surface area contributed by atoms with Gasteiger partial charge in [-0.1, -0.05) is 0 Å². The van der Waals surface area contributed by atoms with Gasteiger partial charge in [-0.3, -0.25) is 0 Å². The molecule has 0 aliphatic rings. The summed E-state index contributed by atoms with van der Waals surface area (Å²) < 4.78 is 9.89. The standard InChI is InChI=1S/BFO2.Ni.H2O/c2-1(3)4;;/h;;1H2/q-2;+2;. The molecular formula is H2BFNiO3. The molecule has 0 aromatic heterocycles. The van der Waals surface area contributed by atoms with Crippen LogP contribution in [0.3, 0.4) is 0 Å². The SMILES string of the molecule is O.[Ni+2].[O-]B([O-])F.